The molecule has 0 saturated carbocycles. The van der Waals surface area contributed by atoms with Crippen LogP contribution in [0.25, 0.3) is 11.5 Å². The van der Waals surface area contributed by atoms with Crippen LogP contribution in [-0.2, 0) is 4.79 Å². The van der Waals surface area contributed by atoms with E-state index in [2.05, 4.69) is 32.4 Å². The number of aromatic nitrogens is 2. The second kappa shape index (κ2) is 10.2. The number of halogens is 1. The Balaban J connectivity index is 1.37. The molecule has 0 atom stereocenters. The lowest BCUT2D eigenvalue weighted by atomic mass is 10.2. The molecule has 3 aromatic rings. The molecule has 1 N–H and O–H groups in total. The zero-order chi connectivity index (χ0) is 22.5. The first-order valence-corrected chi connectivity index (χ1v) is 11.5. The fourth-order valence-electron chi connectivity index (χ4n) is 3.40. The van der Waals surface area contributed by atoms with E-state index in [4.69, 9.17) is 20.8 Å². The van der Waals surface area contributed by atoms with Gasteiger partial charge < -0.3 is 24.3 Å². The first-order valence-electron chi connectivity index (χ1n) is 10.2. The first kappa shape index (κ1) is 22.4. The number of para-hydroxylation sites is 1. The minimum atomic E-state index is -0.170. The summed E-state index contributed by atoms with van der Waals surface area (Å²) in [4.78, 5) is 17.1. The summed E-state index contributed by atoms with van der Waals surface area (Å²) in [5.41, 5.74) is 2.35. The van der Waals surface area contributed by atoms with Crippen LogP contribution in [0.4, 0.5) is 11.4 Å². The van der Waals surface area contributed by atoms with E-state index in [-0.39, 0.29) is 11.7 Å². The number of rotatable bonds is 7. The molecule has 0 bridgehead atoms. The van der Waals surface area contributed by atoms with Gasteiger partial charge in [-0.25, -0.2) is 0 Å². The number of ether oxygens (including phenoxy) is 1. The molecule has 8 nitrogen and oxygen atoms in total. The molecule has 2 aromatic carbocycles. The minimum Gasteiger partial charge on any atom is -0.497 e. The molecule has 0 spiro atoms. The number of anilines is 2. The van der Waals surface area contributed by atoms with E-state index in [0.717, 1.165) is 43.2 Å². The Morgan fingerprint density at radius 1 is 1.16 bits per heavy atom. The van der Waals surface area contributed by atoms with Crippen molar-refractivity contribution < 1.29 is 13.9 Å². The number of nitrogens with one attached hydrogen (secondary N) is 1. The highest BCUT2D eigenvalue weighted by Crippen LogP contribution is 2.35. The smallest absolute Gasteiger partial charge is 0.277 e. The summed E-state index contributed by atoms with van der Waals surface area (Å²) < 4.78 is 10.8. The summed E-state index contributed by atoms with van der Waals surface area (Å²) in [5.74, 6) is 1.11. The summed E-state index contributed by atoms with van der Waals surface area (Å²) in [6, 6.07) is 12.9. The Hall–Kier alpha value is -2.75. The number of hydrogen-bond acceptors (Lipinski definition) is 8. The van der Waals surface area contributed by atoms with Gasteiger partial charge in [-0.05, 0) is 43.4 Å². The van der Waals surface area contributed by atoms with E-state index in [0.29, 0.717) is 21.8 Å². The third-order valence-corrected chi connectivity index (χ3v) is 6.27. The summed E-state index contributed by atoms with van der Waals surface area (Å²) in [6.07, 6.45) is 0. The summed E-state index contributed by atoms with van der Waals surface area (Å²) in [6.45, 7) is 3.60. The van der Waals surface area contributed by atoms with Crippen molar-refractivity contribution in [2.24, 2.45) is 0 Å². The van der Waals surface area contributed by atoms with E-state index >= 15 is 0 Å². The third-order valence-electron chi connectivity index (χ3n) is 5.15. The Morgan fingerprint density at radius 2 is 1.91 bits per heavy atom. The van der Waals surface area contributed by atoms with Crippen molar-refractivity contribution in [2.45, 2.75) is 5.22 Å². The van der Waals surface area contributed by atoms with Crippen LogP contribution in [0.15, 0.2) is 52.1 Å². The molecule has 4 rings (SSSR count). The number of benzene rings is 2. The van der Waals surface area contributed by atoms with E-state index in [1.54, 1.807) is 7.11 Å². The fraction of sp³-hybridized carbons (Fsp3) is 0.318. The highest BCUT2D eigenvalue weighted by atomic mass is 35.5. The molecule has 32 heavy (non-hydrogen) atoms. The average Bonchev–Trinajstić information content (AvgIpc) is 3.28. The van der Waals surface area contributed by atoms with Crippen molar-refractivity contribution in [2.75, 3.05) is 56.3 Å². The quantitative estimate of drug-likeness (QED) is 0.517. The highest BCUT2D eigenvalue weighted by molar-refractivity contribution is 7.99. The van der Waals surface area contributed by atoms with Crippen molar-refractivity contribution in [3.63, 3.8) is 0 Å². The first-order chi connectivity index (χ1) is 15.5. The molecule has 1 fully saturated rings. The zero-order valence-corrected chi connectivity index (χ0v) is 19.4. The molecular weight excluding hydrogens is 450 g/mol. The predicted molar refractivity (Wildman–Crippen MR) is 127 cm³/mol. The number of amides is 1. The topological polar surface area (TPSA) is 83.7 Å². The van der Waals surface area contributed by atoms with Gasteiger partial charge in [0, 0.05) is 31.7 Å². The lowest BCUT2D eigenvalue weighted by Crippen LogP contribution is -2.44. The molecule has 10 heteroatoms. The van der Waals surface area contributed by atoms with E-state index in [1.165, 1.54) is 11.8 Å². The van der Waals surface area contributed by atoms with Gasteiger partial charge in [0.05, 0.1) is 29.3 Å². The highest BCUT2D eigenvalue weighted by Gasteiger charge is 2.21. The Labute approximate surface area is 195 Å². The number of carbonyl (C=O) groups is 1. The molecule has 1 amide bonds. The molecule has 1 saturated heterocycles. The fourth-order valence-corrected chi connectivity index (χ4v) is 4.26. The van der Waals surface area contributed by atoms with E-state index in [1.807, 2.05) is 42.5 Å². The monoisotopic (exact) mass is 473 g/mol. The largest absolute Gasteiger partial charge is 0.497 e. The van der Waals surface area contributed by atoms with Crippen molar-refractivity contribution in [3.05, 3.63) is 47.5 Å². The van der Waals surface area contributed by atoms with Gasteiger partial charge >= 0.3 is 0 Å². The van der Waals surface area contributed by atoms with Crippen LogP contribution >= 0.6 is 23.4 Å². The van der Waals surface area contributed by atoms with Crippen LogP contribution < -0.4 is 15.0 Å². The van der Waals surface area contributed by atoms with Gasteiger partial charge in [0.2, 0.25) is 11.8 Å². The third kappa shape index (κ3) is 5.35. The Morgan fingerprint density at radius 3 is 2.62 bits per heavy atom. The summed E-state index contributed by atoms with van der Waals surface area (Å²) in [5, 5.41) is 12.0. The molecule has 1 aliphatic heterocycles. The molecule has 0 unspecified atom stereocenters. The number of likely N-dealkylation sites (N-methyl/N-ethyl adjacent to an activating group) is 1. The lowest BCUT2D eigenvalue weighted by molar-refractivity contribution is -0.113. The van der Waals surface area contributed by atoms with Crippen LogP contribution in [0.5, 0.6) is 5.75 Å². The molecular formula is C22H24ClN5O3S. The van der Waals surface area contributed by atoms with E-state index in [9.17, 15) is 4.79 Å². The van der Waals surface area contributed by atoms with Gasteiger partial charge in [0.1, 0.15) is 5.75 Å². The van der Waals surface area contributed by atoms with Gasteiger partial charge in [0.15, 0.2) is 0 Å². The molecule has 0 radical (unpaired) electrons. The Bertz CT molecular complexity index is 1070. The van der Waals surface area contributed by atoms with Crippen LogP contribution in [-0.4, -0.2) is 67.1 Å². The van der Waals surface area contributed by atoms with E-state index < -0.39 is 0 Å². The number of piperazine rings is 1. The molecule has 0 aliphatic carbocycles. The van der Waals surface area contributed by atoms with Crippen molar-refractivity contribution in [3.8, 4) is 17.2 Å². The normalized spacial score (nSPS) is 14.4. The van der Waals surface area contributed by atoms with Gasteiger partial charge in [-0.1, -0.05) is 29.4 Å². The maximum Gasteiger partial charge on any atom is 0.277 e. The predicted octanol–water partition coefficient (Wildman–Crippen LogP) is 3.88. The van der Waals surface area contributed by atoms with Crippen LogP contribution in [0.2, 0.25) is 5.02 Å². The number of thioether (sulfide) groups is 1. The lowest BCUT2D eigenvalue weighted by Gasteiger charge is -2.35. The number of methoxy groups -OCH3 is 1. The maximum atomic E-state index is 12.6. The molecule has 1 aliphatic rings. The second-order valence-corrected chi connectivity index (χ2v) is 8.70. The van der Waals surface area contributed by atoms with Crippen molar-refractivity contribution >= 4 is 40.6 Å². The summed E-state index contributed by atoms with van der Waals surface area (Å²) in [7, 11) is 3.71. The van der Waals surface area contributed by atoms with Crippen LogP contribution in [0.3, 0.4) is 0 Å². The van der Waals surface area contributed by atoms with Crippen molar-refractivity contribution in [1.82, 2.24) is 15.1 Å². The Kier molecular flexibility index (Phi) is 7.19. The number of carbonyl (C=O) groups excluding carboxylic acids is 1. The number of hydrogen-bond donors (Lipinski definition) is 1. The molecule has 1 aromatic heterocycles. The van der Waals surface area contributed by atoms with Gasteiger partial charge in [0.25, 0.3) is 5.22 Å². The van der Waals surface area contributed by atoms with Gasteiger partial charge in [-0.15, -0.1) is 10.2 Å². The minimum absolute atomic E-state index is 0.138. The average molecular weight is 474 g/mol. The molecule has 2 heterocycles. The SMILES string of the molecule is COc1ccc(-c2nnc(SCC(=O)Nc3cccc(Cl)c3N3CCN(C)CC3)o2)cc1. The van der Waals surface area contributed by atoms with Gasteiger partial charge in [-0.3, -0.25) is 4.79 Å². The van der Waals surface area contributed by atoms with Crippen LogP contribution in [0, 0.1) is 0 Å². The molecule has 168 valence electrons. The van der Waals surface area contributed by atoms with Crippen LogP contribution in [0.1, 0.15) is 0 Å². The van der Waals surface area contributed by atoms with Crippen molar-refractivity contribution in [1.29, 1.82) is 0 Å². The number of nitrogens with zero attached hydrogens (tertiary/aromatic N) is 4. The summed E-state index contributed by atoms with van der Waals surface area (Å²) >= 11 is 7.67. The standard InChI is InChI=1S/C22H24ClN5O3S/c1-27-10-12-28(13-11-27)20-17(23)4-3-5-18(20)24-19(29)14-32-22-26-25-21(31-22)15-6-8-16(30-2)9-7-15/h3-9H,10-14H2,1-2H3,(H,24,29). The second-order valence-electron chi connectivity index (χ2n) is 7.36. The van der Waals surface area contributed by atoms with Gasteiger partial charge in [-0.2, -0.15) is 0 Å². The maximum absolute atomic E-state index is 12.6. The zero-order valence-electron chi connectivity index (χ0n) is 17.9.